The molecule has 9 heteroatoms. The maximum atomic E-state index is 10.1. The van der Waals surface area contributed by atoms with Gasteiger partial charge in [-0.05, 0) is 49.3 Å². The summed E-state index contributed by atoms with van der Waals surface area (Å²) in [5, 5.41) is 21.1. The smallest absolute Gasteiger partial charge is 0.227 e. The van der Waals surface area contributed by atoms with Crippen LogP contribution in [0.2, 0.25) is 0 Å². The Balaban J connectivity index is 1.42. The molecule has 4 heterocycles. The van der Waals surface area contributed by atoms with Crippen molar-refractivity contribution >= 4 is 34.3 Å². The fourth-order valence-electron chi connectivity index (χ4n) is 4.58. The molecule has 34 heavy (non-hydrogen) atoms. The Morgan fingerprint density at radius 3 is 2.71 bits per heavy atom. The minimum atomic E-state index is -0.506. The van der Waals surface area contributed by atoms with Gasteiger partial charge in [0, 0.05) is 29.7 Å². The van der Waals surface area contributed by atoms with E-state index in [0.29, 0.717) is 24.4 Å². The average Bonchev–Trinajstić information content (AvgIpc) is 3.62. The lowest BCUT2D eigenvalue weighted by atomic mass is 10.1. The lowest BCUT2D eigenvalue weighted by Crippen LogP contribution is -2.31. The quantitative estimate of drug-likeness (QED) is 0.303. The van der Waals surface area contributed by atoms with Crippen LogP contribution in [0.25, 0.3) is 22.4 Å². The van der Waals surface area contributed by atoms with Gasteiger partial charge in [0.05, 0.1) is 24.2 Å². The predicted octanol–water partition coefficient (Wildman–Crippen LogP) is 5.25. The molecular formula is C25H31N7OS. The fourth-order valence-corrected chi connectivity index (χ4v) is 5.23. The van der Waals surface area contributed by atoms with Gasteiger partial charge in [0.15, 0.2) is 17.0 Å². The second-order valence-corrected chi connectivity index (χ2v) is 9.76. The molecule has 1 aliphatic rings. The summed E-state index contributed by atoms with van der Waals surface area (Å²) in [7, 11) is 0. The molecule has 0 saturated heterocycles. The number of thiophene rings is 1. The first-order chi connectivity index (χ1) is 16.6. The highest BCUT2D eigenvalue weighted by Gasteiger charge is 2.23. The second kappa shape index (κ2) is 10.1. The van der Waals surface area contributed by atoms with Gasteiger partial charge in [-0.25, -0.2) is 4.98 Å². The number of rotatable bonds is 9. The van der Waals surface area contributed by atoms with Crippen LogP contribution in [0.4, 0.5) is 11.8 Å². The molecule has 0 aromatic carbocycles. The van der Waals surface area contributed by atoms with Crippen molar-refractivity contribution < 1.29 is 5.11 Å². The van der Waals surface area contributed by atoms with Crippen LogP contribution < -0.4 is 10.6 Å². The van der Waals surface area contributed by atoms with Crippen molar-refractivity contribution in [3.05, 3.63) is 47.0 Å². The highest BCUT2D eigenvalue weighted by molar-refractivity contribution is 7.08. The van der Waals surface area contributed by atoms with Gasteiger partial charge in [0.1, 0.15) is 0 Å². The number of hydrogen-bond donors (Lipinski definition) is 3. The number of fused-ring (bicyclic) bond motifs is 1. The summed E-state index contributed by atoms with van der Waals surface area (Å²) in [6.45, 7) is 4.40. The molecule has 1 saturated carbocycles. The van der Waals surface area contributed by atoms with Crippen LogP contribution in [0.1, 0.15) is 57.6 Å². The van der Waals surface area contributed by atoms with E-state index in [1.165, 1.54) is 12.8 Å². The largest absolute Gasteiger partial charge is 0.391 e. The molecule has 1 fully saturated rings. The summed E-state index contributed by atoms with van der Waals surface area (Å²) in [5.41, 5.74) is 4.77. The number of imidazole rings is 1. The van der Waals surface area contributed by atoms with Crippen LogP contribution >= 0.6 is 11.3 Å². The van der Waals surface area contributed by atoms with Crippen LogP contribution in [-0.4, -0.2) is 41.8 Å². The third kappa shape index (κ3) is 4.76. The summed E-state index contributed by atoms with van der Waals surface area (Å²) in [5.74, 6) is 1.19. The SMILES string of the molecule is CCC(Nc1nc(NCc2ccc(-c3ccsc3)nc2)c2ncn(C3CCCC3)c2n1)[C@@H](C)O. The number of aromatic nitrogens is 5. The average molecular weight is 478 g/mol. The van der Waals surface area contributed by atoms with E-state index in [2.05, 4.69) is 48.1 Å². The molecule has 2 atom stereocenters. The topological polar surface area (TPSA) is 101 Å². The number of aliphatic hydroxyl groups is 1. The molecule has 0 aliphatic heterocycles. The minimum Gasteiger partial charge on any atom is -0.391 e. The number of pyridine rings is 1. The van der Waals surface area contributed by atoms with Crippen LogP contribution in [0, 0.1) is 0 Å². The minimum absolute atomic E-state index is 0.123. The van der Waals surface area contributed by atoms with Gasteiger partial charge in [0.25, 0.3) is 0 Å². The van der Waals surface area contributed by atoms with Crippen molar-refractivity contribution in [1.29, 1.82) is 0 Å². The molecule has 8 nitrogen and oxygen atoms in total. The number of aliphatic hydroxyl groups excluding tert-OH is 1. The van der Waals surface area contributed by atoms with E-state index < -0.39 is 6.10 Å². The number of hydrogen-bond acceptors (Lipinski definition) is 8. The van der Waals surface area contributed by atoms with E-state index >= 15 is 0 Å². The predicted molar refractivity (Wildman–Crippen MR) is 137 cm³/mol. The van der Waals surface area contributed by atoms with E-state index in [-0.39, 0.29) is 6.04 Å². The third-order valence-corrected chi connectivity index (χ3v) is 7.26. The Bertz CT molecular complexity index is 1210. The van der Waals surface area contributed by atoms with Gasteiger partial charge in [-0.1, -0.05) is 25.8 Å². The summed E-state index contributed by atoms with van der Waals surface area (Å²) >= 11 is 1.67. The molecule has 4 aromatic rings. The Labute approximate surface area is 203 Å². The lowest BCUT2D eigenvalue weighted by molar-refractivity contribution is 0.169. The Morgan fingerprint density at radius 2 is 2.03 bits per heavy atom. The van der Waals surface area contributed by atoms with E-state index in [1.54, 1.807) is 18.3 Å². The highest BCUT2D eigenvalue weighted by Crippen LogP contribution is 2.33. The summed E-state index contributed by atoms with van der Waals surface area (Å²) in [6.07, 6.45) is 8.82. The molecule has 1 unspecified atom stereocenters. The second-order valence-electron chi connectivity index (χ2n) is 8.98. The highest BCUT2D eigenvalue weighted by atomic mass is 32.1. The van der Waals surface area contributed by atoms with Crippen molar-refractivity contribution in [1.82, 2.24) is 24.5 Å². The van der Waals surface area contributed by atoms with Crippen molar-refractivity contribution in [2.24, 2.45) is 0 Å². The Hall–Kier alpha value is -3.04. The molecule has 5 rings (SSSR count). The molecular weight excluding hydrogens is 446 g/mol. The maximum absolute atomic E-state index is 10.1. The van der Waals surface area contributed by atoms with E-state index in [9.17, 15) is 5.11 Å². The molecule has 3 N–H and O–H groups in total. The number of anilines is 2. The zero-order valence-corrected chi connectivity index (χ0v) is 20.4. The molecule has 0 spiro atoms. The summed E-state index contributed by atoms with van der Waals surface area (Å²) in [4.78, 5) is 18.9. The number of nitrogens with zero attached hydrogens (tertiary/aromatic N) is 5. The van der Waals surface area contributed by atoms with Crippen LogP contribution in [0.3, 0.4) is 0 Å². The van der Waals surface area contributed by atoms with E-state index in [1.807, 2.05) is 25.5 Å². The molecule has 4 aromatic heterocycles. The van der Waals surface area contributed by atoms with Crippen molar-refractivity contribution in [2.75, 3.05) is 10.6 Å². The van der Waals surface area contributed by atoms with Crippen molar-refractivity contribution in [2.45, 2.75) is 70.7 Å². The standard InChI is InChI=1S/C25H31N7OS/c1-3-20(16(2)33)29-25-30-23(22-24(31-25)32(15-28-22)19-6-4-5-7-19)27-13-17-8-9-21(26-12-17)18-10-11-34-14-18/h8-12,14-16,19-20,33H,3-7,13H2,1-2H3,(H2,27,29,30,31)/t16-,20?/m1/s1. The Kier molecular flexibility index (Phi) is 6.73. The van der Waals surface area contributed by atoms with Gasteiger partial charge in [-0.3, -0.25) is 4.98 Å². The van der Waals surface area contributed by atoms with Gasteiger partial charge in [-0.15, -0.1) is 0 Å². The van der Waals surface area contributed by atoms with Crippen molar-refractivity contribution in [3.63, 3.8) is 0 Å². The monoisotopic (exact) mass is 477 g/mol. The Morgan fingerprint density at radius 1 is 1.18 bits per heavy atom. The van der Waals surface area contributed by atoms with Crippen molar-refractivity contribution in [3.8, 4) is 11.3 Å². The molecule has 178 valence electrons. The van der Waals surface area contributed by atoms with E-state index in [4.69, 9.17) is 9.97 Å². The van der Waals surface area contributed by atoms with Crippen LogP contribution in [0.15, 0.2) is 41.5 Å². The zero-order valence-electron chi connectivity index (χ0n) is 19.6. The first-order valence-electron chi connectivity index (χ1n) is 12.0. The number of nitrogens with one attached hydrogen (secondary N) is 2. The van der Waals surface area contributed by atoms with Gasteiger partial charge < -0.3 is 20.3 Å². The van der Waals surface area contributed by atoms with Crippen LogP contribution in [0.5, 0.6) is 0 Å². The van der Waals surface area contributed by atoms with Gasteiger partial charge in [0.2, 0.25) is 5.95 Å². The maximum Gasteiger partial charge on any atom is 0.227 e. The lowest BCUT2D eigenvalue weighted by Gasteiger charge is -2.20. The first kappa shape index (κ1) is 22.7. The van der Waals surface area contributed by atoms with Crippen LogP contribution in [-0.2, 0) is 6.54 Å². The third-order valence-electron chi connectivity index (χ3n) is 6.58. The molecule has 1 aliphatic carbocycles. The fraction of sp³-hybridized carbons (Fsp3) is 0.440. The normalized spacial score (nSPS) is 16.1. The zero-order chi connectivity index (χ0) is 23.5. The summed E-state index contributed by atoms with van der Waals surface area (Å²) < 4.78 is 2.20. The molecule has 0 amide bonds. The summed E-state index contributed by atoms with van der Waals surface area (Å²) in [6, 6.07) is 6.51. The van der Waals surface area contributed by atoms with Gasteiger partial charge in [-0.2, -0.15) is 21.3 Å². The first-order valence-corrected chi connectivity index (χ1v) is 13.0. The van der Waals surface area contributed by atoms with Gasteiger partial charge >= 0.3 is 0 Å². The molecule has 0 radical (unpaired) electrons. The molecule has 0 bridgehead atoms. The van der Waals surface area contributed by atoms with E-state index in [0.717, 1.165) is 47.2 Å².